The Kier molecular flexibility index (Phi) is 5.81. The minimum atomic E-state index is -0.0541. The lowest BCUT2D eigenvalue weighted by atomic mass is 10.2. The van der Waals surface area contributed by atoms with Crippen molar-refractivity contribution >= 4 is 46.0 Å². The van der Waals surface area contributed by atoms with Gasteiger partial charge in [-0.1, -0.05) is 18.5 Å². The summed E-state index contributed by atoms with van der Waals surface area (Å²) in [6, 6.07) is 12.6. The van der Waals surface area contributed by atoms with Crippen LogP contribution in [0.1, 0.15) is 30.1 Å². The summed E-state index contributed by atoms with van der Waals surface area (Å²) in [5.74, 6) is 0.462. The fourth-order valence-corrected chi connectivity index (χ4v) is 3.63. The molecule has 1 aliphatic rings. The van der Waals surface area contributed by atoms with Gasteiger partial charge >= 0.3 is 0 Å². The lowest BCUT2D eigenvalue weighted by Gasteiger charge is -2.17. The van der Waals surface area contributed by atoms with Crippen molar-refractivity contribution in [3.05, 3.63) is 59.2 Å². The first-order chi connectivity index (χ1) is 14.5. The predicted octanol–water partition coefficient (Wildman–Crippen LogP) is 3.96. The van der Waals surface area contributed by atoms with E-state index in [1.54, 1.807) is 43.5 Å². The van der Waals surface area contributed by atoms with Gasteiger partial charge in [-0.3, -0.25) is 9.59 Å². The van der Waals surface area contributed by atoms with Crippen molar-refractivity contribution in [1.29, 1.82) is 0 Å². The Morgan fingerprint density at radius 3 is 2.77 bits per heavy atom. The highest BCUT2D eigenvalue weighted by molar-refractivity contribution is 6.31. The summed E-state index contributed by atoms with van der Waals surface area (Å²) < 4.78 is 0. The van der Waals surface area contributed by atoms with Crippen molar-refractivity contribution in [2.75, 3.05) is 23.7 Å². The molecule has 2 N–H and O–H groups in total. The van der Waals surface area contributed by atoms with Crippen LogP contribution in [0, 0.1) is 0 Å². The second-order valence-electron chi connectivity index (χ2n) is 7.26. The van der Waals surface area contributed by atoms with E-state index in [0.29, 0.717) is 41.7 Å². The molecule has 0 bridgehead atoms. The molecule has 0 aliphatic carbocycles. The molecule has 1 aromatic heterocycles. The van der Waals surface area contributed by atoms with E-state index in [2.05, 4.69) is 20.6 Å². The molecule has 7 nitrogen and oxygen atoms in total. The number of aromatic nitrogens is 2. The van der Waals surface area contributed by atoms with E-state index in [4.69, 9.17) is 11.6 Å². The summed E-state index contributed by atoms with van der Waals surface area (Å²) in [4.78, 5) is 35.0. The second kappa shape index (κ2) is 8.67. The Morgan fingerprint density at radius 1 is 1.20 bits per heavy atom. The van der Waals surface area contributed by atoms with Gasteiger partial charge in [0.15, 0.2) is 0 Å². The van der Waals surface area contributed by atoms with Gasteiger partial charge in [0.05, 0.1) is 5.52 Å². The van der Waals surface area contributed by atoms with Crippen LogP contribution in [0.15, 0.2) is 48.7 Å². The molecule has 1 aliphatic heterocycles. The molecule has 1 saturated heterocycles. The van der Waals surface area contributed by atoms with E-state index in [1.165, 1.54) is 0 Å². The SMILES string of the molecule is CCC(=O)Nc1ccc(C(=O)N2CC[C@@H](Nc3ncc4cc(Cl)ccc4n3)C2)cc1. The fourth-order valence-electron chi connectivity index (χ4n) is 3.45. The Labute approximate surface area is 179 Å². The van der Waals surface area contributed by atoms with Gasteiger partial charge in [0.1, 0.15) is 0 Å². The third-order valence-corrected chi connectivity index (χ3v) is 5.32. The van der Waals surface area contributed by atoms with Crippen molar-refractivity contribution in [3.63, 3.8) is 0 Å². The van der Waals surface area contributed by atoms with Gasteiger partial charge in [0, 0.05) is 53.4 Å². The normalized spacial score (nSPS) is 15.9. The fraction of sp³-hybridized carbons (Fsp3) is 0.273. The van der Waals surface area contributed by atoms with E-state index in [-0.39, 0.29) is 17.9 Å². The number of hydrogen-bond donors (Lipinski definition) is 2. The summed E-state index contributed by atoms with van der Waals surface area (Å²) in [5, 5.41) is 7.64. The van der Waals surface area contributed by atoms with Gasteiger partial charge in [0.2, 0.25) is 11.9 Å². The van der Waals surface area contributed by atoms with Gasteiger partial charge in [-0.2, -0.15) is 0 Å². The smallest absolute Gasteiger partial charge is 0.253 e. The standard InChI is InChI=1S/C22H22ClN5O2/c1-2-20(29)25-17-6-3-14(4-7-17)21(30)28-10-9-18(13-28)26-22-24-12-15-11-16(23)5-8-19(15)27-22/h3-8,11-12,18H,2,9-10,13H2,1H3,(H,25,29)(H,24,26,27)/t18-/m1/s1. The summed E-state index contributed by atoms with van der Waals surface area (Å²) in [6.45, 7) is 3.03. The molecular formula is C22H22ClN5O2. The third kappa shape index (κ3) is 4.52. The maximum atomic E-state index is 12.8. The van der Waals surface area contributed by atoms with Crippen LogP contribution in [0.2, 0.25) is 5.02 Å². The van der Waals surface area contributed by atoms with Crippen LogP contribution in [0.4, 0.5) is 11.6 Å². The number of nitrogens with zero attached hydrogens (tertiary/aromatic N) is 3. The number of anilines is 2. The van der Waals surface area contributed by atoms with Crippen molar-refractivity contribution in [3.8, 4) is 0 Å². The first kappa shape index (κ1) is 20.1. The molecule has 30 heavy (non-hydrogen) atoms. The topological polar surface area (TPSA) is 87.2 Å². The zero-order valence-corrected chi connectivity index (χ0v) is 17.3. The number of rotatable bonds is 5. The average molecular weight is 424 g/mol. The first-order valence-electron chi connectivity index (χ1n) is 9.90. The Balaban J connectivity index is 1.37. The van der Waals surface area contributed by atoms with Crippen molar-refractivity contribution < 1.29 is 9.59 Å². The van der Waals surface area contributed by atoms with Crippen LogP contribution in [-0.4, -0.2) is 45.8 Å². The number of benzene rings is 2. The van der Waals surface area contributed by atoms with Crippen LogP contribution in [0.3, 0.4) is 0 Å². The van der Waals surface area contributed by atoms with E-state index in [0.717, 1.165) is 17.3 Å². The highest BCUT2D eigenvalue weighted by Crippen LogP contribution is 2.21. The molecule has 1 fully saturated rings. The quantitative estimate of drug-likeness (QED) is 0.648. The lowest BCUT2D eigenvalue weighted by Crippen LogP contribution is -2.31. The van der Waals surface area contributed by atoms with Gasteiger partial charge in [-0.05, 0) is 48.9 Å². The van der Waals surface area contributed by atoms with E-state index >= 15 is 0 Å². The summed E-state index contributed by atoms with van der Waals surface area (Å²) in [5.41, 5.74) is 2.11. The monoisotopic (exact) mass is 423 g/mol. The molecule has 1 atom stereocenters. The van der Waals surface area contributed by atoms with Gasteiger partial charge in [-0.15, -0.1) is 0 Å². The minimum Gasteiger partial charge on any atom is -0.350 e. The van der Waals surface area contributed by atoms with Crippen LogP contribution < -0.4 is 10.6 Å². The Hall–Kier alpha value is -3.19. The molecule has 3 aromatic rings. The number of carbonyl (C=O) groups excluding carboxylic acids is 2. The molecule has 2 heterocycles. The lowest BCUT2D eigenvalue weighted by molar-refractivity contribution is -0.115. The van der Waals surface area contributed by atoms with Crippen LogP contribution in [-0.2, 0) is 4.79 Å². The second-order valence-corrected chi connectivity index (χ2v) is 7.69. The maximum Gasteiger partial charge on any atom is 0.253 e. The van der Waals surface area contributed by atoms with E-state index < -0.39 is 0 Å². The number of hydrogen-bond acceptors (Lipinski definition) is 5. The number of carbonyl (C=O) groups is 2. The van der Waals surface area contributed by atoms with Crippen molar-refractivity contribution in [2.45, 2.75) is 25.8 Å². The molecule has 4 rings (SSSR count). The third-order valence-electron chi connectivity index (χ3n) is 5.09. The van der Waals surface area contributed by atoms with E-state index in [9.17, 15) is 9.59 Å². The summed E-state index contributed by atoms with van der Waals surface area (Å²) in [6.07, 6.45) is 2.98. The first-order valence-corrected chi connectivity index (χ1v) is 10.3. The van der Waals surface area contributed by atoms with Gasteiger partial charge < -0.3 is 15.5 Å². The number of halogens is 1. The molecule has 0 unspecified atom stereocenters. The Morgan fingerprint density at radius 2 is 2.00 bits per heavy atom. The van der Waals surface area contributed by atoms with Gasteiger partial charge in [0.25, 0.3) is 5.91 Å². The predicted molar refractivity (Wildman–Crippen MR) is 118 cm³/mol. The molecule has 2 aromatic carbocycles. The minimum absolute atomic E-state index is 0.0262. The molecule has 0 spiro atoms. The van der Waals surface area contributed by atoms with Gasteiger partial charge in [-0.25, -0.2) is 9.97 Å². The van der Waals surface area contributed by atoms with Crippen molar-refractivity contribution in [2.24, 2.45) is 0 Å². The number of likely N-dealkylation sites (tertiary alicyclic amines) is 1. The zero-order valence-electron chi connectivity index (χ0n) is 16.6. The number of fused-ring (bicyclic) bond motifs is 1. The average Bonchev–Trinajstić information content (AvgIpc) is 3.22. The number of nitrogens with one attached hydrogen (secondary N) is 2. The molecule has 8 heteroatoms. The zero-order chi connectivity index (χ0) is 21.1. The molecule has 0 saturated carbocycles. The van der Waals surface area contributed by atoms with E-state index in [1.807, 2.05) is 17.0 Å². The molecular weight excluding hydrogens is 402 g/mol. The highest BCUT2D eigenvalue weighted by atomic mass is 35.5. The molecule has 2 amide bonds. The van der Waals surface area contributed by atoms with Crippen LogP contribution >= 0.6 is 11.6 Å². The highest BCUT2D eigenvalue weighted by Gasteiger charge is 2.27. The van der Waals surface area contributed by atoms with Crippen LogP contribution in [0.25, 0.3) is 10.9 Å². The summed E-state index contributed by atoms with van der Waals surface area (Å²) in [7, 11) is 0. The van der Waals surface area contributed by atoms with Crippen LogP contribution in [0.5, 0.6) is 0 Å². The number of amides is 2. The van der Waals surface area contributed by atoms with Crippen molar-refractivity contribution in [1.82, 2.24) is 14.9 Å². The maximum absolute atomic E-state index is 12.8. The summed E-state index contributed by atoms with van der Waals surface area (Å²) >= 11 is 6.00. The Bertz CT molecular complexity index is 1090. The largest absolute Gasteiger partial charge is 0.350 e. The molecule has 0 radical (unpaired) electrons. The molecule has 154 valence electrons.